The van der Waals surface area contributed by atoms with Crippen molar-refractivity contribution in [1.29, 1.82) is 0 Å². The first-order valence-electron chi connectivity index (χ1n) is 6.19. The van der Waals surface area contributed by atoms with Gasteiger partial charge < -0.3 is 14.8 Å². The number of methoxy groups -OCH3 is 1. The highest BCUT2D eigenvalue weighted by molar-refractivity contribution is 7.99. The zero-order chi connectivity index (χ0) is 12.1. The Bertz CT molecular complexity index is 136. The summed E-state index contributed by atoms with van der Waals surface area (Å²) in [5.41, 5.74) is 0. The van der Waals surface area contributed by atoms with Crippen LogP contribution >= 0.6 is 11.8 Å². The number of ether oxygens (including phenoxy) is 2. The van der Waals surface area contributed by atoms with Gasteiger partial charge in [0.2, 0.25) is 0 Å². The molecule has 0 radical (unpaired) electrons. The predicted molar refractivity (Wildman–Crippen MR) is 72.4 cm³/mol. The van der Waals surface area contributed by atoms with Crippen LogP contribution < -0.4 is 5.32 Å². The Balaban J connectivity index is 3.06. The lowest BCUT2D eigenvalue weighted by molar-refractivity contribution is 0.103. The van der Waals surface area contributed by atoms with E-state index in [1.165, 1.54) is 17.9 Å². The van der Waals surface area contributed by atoms with Crippen LogP contribution in [0, 0.1) is 0 Å². The summed E-state index contributed by atoms with van der Waals surface area (Å²) < 4.78 is 10.4. The Labute approximate surface area is 105 Å². The van der Waals surface area contributed by atoms with Crippen LogP contribution in [-0.4, -0.2) is 51.0 Å². The van der Waals surface area contributed by atoms with Crippen molar-refractivity contribution in [3.05, 3.63) is 0 Å². The third kappa shape index (κ3) is 12.3. The molecule has 3 nitrogen and oxygen atoms in total. The summed E-state index contributed by atoms with van der Waals surface area (Å²) in [6.45, 7) is 7.78. The van der Waals surface area contributed by atoms with Crippen molar-refractivity contribution in [1.82, 2.24) is 5.32 Å². The fourth-order valence-corrected chi connectivity index (χ4v) is 2.10. The van der Waals surface area contributed by atoms with Gasteiger partial charge in [-0.05, 0) is 31.3 Å². The Morgan fingerprint density at radius 2 is 2.06 bits per heavy atom. The first-order chi connectivity index (χ1) is 7.81. The van der Waals surface area contributed by atoms with E-state index in [2.05, 4.69) is 19.2 Å². The minimum Gasteiger partial charge on any atom is -0.385 e. The lowest BCUT2D eigenvalue weighted by Gasteiger charge is -2.13. The van der Waals surface area contributed by atoms with Crippen LogP contribution in [0.3, 0.4) is 0 Å². The van der Waals surface area contributed by atoms with E-state index in [4.69, 9.17) is 9.47 Å². The van der Waals surface area contributed by atoms with E-state index in [1.807, 2.05) is 11.8 Å². The van der Waals surface area contributed by atoms with Crippen LogP contribution in [0.25, 0.3) is 0 Å². The third-order valence-corrected chi connectivity index (χ3v) is 3.21. The van der Waals surface area contributed by atoms with Crippen LogP contribution in [0.1, 0.15) is 26.7 Å². The van der Waals surface area contributed by atoms with Crippen molar-refractivity contribution in [3.8, 4) is 0 Å². The molecule has 0 aromatic carbocycles. The summed E-state index contributed by atoms with van der Waals surface area (Å²) in [5, 5.41) is 3.46. The first-order valence-corrected chi connectivity index (χ1v) is 7.34. The highest BCUT2D eigenvalue weighted by Gasteiger charge is 1.99. The molecule has 0 aromatic heterocycles. The van der Waals surface area contributed by atoms with Gasteiger partial charge in [-0.25, -0.2) is 0 Å². The molecular formula is C12H27NO2S. The molecule has 0 aliphatic carbocycles. The Hall–Kier alpha value is 0.230. The Morgan fingerprint density at radius 1 is 1.25 bits per heavy atom. The average Bonchev–Trinajstić information content (AvgIpc) is 2.28. The summed E-state index contributed by atoms with van der Waals surface area (Å²) in [4.78, 5) is 0. The fourth-order valence-electron chi connectivity index (χ4n) is 1.29. The molecule has 0 aromatic rings. The van der Waals surface area contributed by atoms with E-state index in [9.17, 15) is 0 Å². The SMILES string of the molecule is CCSCCC(C)NCCOCCCOC. The third-order valence-electron chi connectivity index (χ3n) is 2.28. The molecule has 0 saturated carbocycles. The first kappa shape index (κ1) is 16.2. The zero-order valence-electron chi connectivity index (χ0n) is 11.0. The second kappa shape index (κ2) is 13.3. The Kier molecular flexibility index (Phi) is 13.5. The molecule has 0 saturated heterocycles. The number of hydrogen-bond donors (Lipinski definition) is 1. The van der Waals surface area contributed by atoms with Crippen molar-refractivity contribution in [2.24, 2.45) is 0 Å². The van der Waals surface area contributed by atoms with Crippen molar-refractivity contribution in [2.75, 3.05) is 45.0 Å². The molecular weight excluding hydrogens is 222 g/mol. The topological polar surface area (TPSA) is 30.5 Å². The molecule has 0 spiro atoms. The summed E-state index contributed by atoms with van der Waals surface area (Å²) in [6, 6.07) is 0.599. The van der Waals surface area contributed by atoms with Gasteiger partial charge in [0, 0.05) is 32.9 Å². The molecule has 16 heavy (non-hydrogen) atoms. The van der Waals surface area contributed by atoms with Gasteiger partial charge in [-0.3, -0.25) is 0 Å². The number of rotatable bonds is 12. The van der Waals surface area contributed by atoms with E-state index in [0.717, 1.165) is 32.8 Å². The van der Waals surface area contributed by atoms with Gasteiger partial charge in [0.25, 0.3) is 0 Å². The summed E-state index contributed by atoms with van der Waals surface area (Å²) >= 11 is 2.00. The van der Waals surface area contributed by atoms with Gasteiger partial charge in [-0.1, -0.05) is 6.92 Å². The number of nitrogens with one attached hydrogen (secondary N) is 1. The van der Waals surface area contributed by atoms with E-state index in [0.29, 0.717) is 6.04 Å². The lowest BCUT2D eigenvalue weighted by Crippen LogP contribution is -2.30. The maximum absolute atomic E-state index is 5.46. The molecule has 1 unspecified atom stereocenters. The molecule has 0 bridgehead atoms. The largest absolute Gasteiger partial charge is 0.385 e. The monoisotopic (exact) mass is 249 g/mol. The molecule has 0 aliphatic heterocycles. The van der Waals surface area contributed by atoms with E-state index in [1.54, 1.807) is 7.11 Å². The maximum atomic E-state index is 5.46. The minimum atomic E-state index is 0.599. The van der Waals surface area contributed by atoms with Crippen molar-refractivity contribution >= 4 is 11.8 Å². The summed E-state index contributed by atoms with van der Waals surface area (Å²) in [7, 11) is 1.72. The molecule has 0 aliphatic rings. The van der Waals surface area contributed by atoms with Gasteiger partial charge in [0.1, 0.15) is 0 Å². The number of thioether (sulfide) groups is 1. The minimum absolute atomic E-state index is 0.599. The Morgan fingerprint density at radius 3 is 2.75 bits per heavy atom. The zero-order valence-corrected chi connectivity index (χ0v) is 11.8. The summed E-state index contributed by atoms with van der Waals surface area (Å²) in [5.74, 6) is 2.47. The molecule has 98 valence electrons. The molecule has 0 heterocycles. The second-order valence-electron chi connectivity index (χ2n) is 3.80. The van der Waals surface area contributed by atoms with Crippen molar-refractivity contribution in [2.45, 2.75) is 32.7 Å². The second-order valence-corrected chi connectivity index (χ2v) is 5.19. The van der Waals surface area contributed by atoms with Gasteiger partial charge in [-0.15, -0.1) is 0 Å². The normalized spacial score (nSPS) is 12.9. The highest BCUT2D eigenvalue weighted by atomic mass is 32.2. The molecule has 1 N–H and O–H groups in total. The maximum Gasteiger partial charge on any atom is 0.0591 e. The quantitative estimate of drug-likeness (QED) is 0.537. The summed E-state index contributed by atoms with van der Waals surface area (Å²) in [6.07, 6.45) is 2.22. The molecule has 0 fully saturated rings. The van der Waals surface area contributed by atoms with E-state index >= 15 is 0 Å². The molecule has 0 rings (SSSR count). The van der Waals surface area contributed by atoms with Gasteiger partial charge in [0.05, 0.1) is 6.61 Å². The van der Waals surface area contributed by atoms with Crippen molar-refractivity contribution < 1.29 is 9.47 Å². The lowest BCUT2D eigenvalue weighted by atomic mass is 10.2. The standard InChI is InChI=1S/C12H27NO2S/c1-4-16-11-6-12(2)13-7-10-15-9-5-8-14-3/h12-13H,4-11H2,1-3H3. The molecule has 1 atom stereocenters. The van der Waals surface area contributed by atoms with Gasteiger partial charge in [0.15, 0.2) is 0 Å². The molecule has 4 heteroatoms. The van der Waals surface area contributed by atoms with Crippen LogP contribution in [0.2, 0.25) is 0 Å². The average molecular weight is 249 g/mol. The predicted octanol–water partition coefficient (Wildman–Crippen LogP) is 2.16. The van der Waals surface area contributed by atoms with Gasteiger partial charge >= 0.3 is 0 Å². The molecule has 0 amide bonds. The fraction of sp³-hybridized carbons (Fsp3) is 1.00. The van der Waals surface area contributed by atoms with Crippen LogP contribution in [-0.2, 0) is 9.47 Å². The van der Waals surface area contributed by atoms with Crippen LogP contribution in [0.5, 0.6) is 0 Å². The van der Waals surface area contributed by atoms with Gasteiger partial charge in [-0.2, -0.15) is 11.8 Å². The van der Waals surface area contributed by atoms with Crippen molar-refractivity contribution in [3.63, 3.8) is 0 Å². The van der Waals surface area contributed by atoms with Crippen LogP contribution in [0.4, 0.5) is 0 Å². The van der Waals surface area contributed by atoms with E-state index in [-0.39, 0.29) is 0 Å². The van der Waals surface area contributed by atoms with E-state index < -0.39 is 0 Å². The highest BCUT2D eigenvalue weighted by Crippen LogP contribution is 2.03. The van der Waals surface area contributed by atoms with Crippen LogP contribution in [0.15, 0.2) is 0 Å². The number of hydrogen-bond acceptors (Lipinski definition) is 4. The smallest absolute Gasteiger partial charge is 0.0591 e.